The van der Waals surface area contributed by atoms with Gasteiger partial charge in [-0.1, -0.05) is 12.1 Å². The van der Waals surface area contributed by atoms with Crippen LogP contribution in [0.5, 0.6) is 0 Å². The van der Waals surface area contributed by atoms with E-state index in [1.165, 1.54) is 13.4 Å². The number of amides is 1. The van der Waals surface area contributed by atoms with E-state index in [9.17, 15) is 9.59 Å². The van der Waals surface area contributed by atoms with Gasteiger partial charge in [-0.2, -0.15) is 0 Å². The van der Waals surface area contributed by atoms with Gasteiger partial charge >= 0.3 is 5.97 Å². The molecule has 0 radical (unpaired) electrons. The number of nitrogens with one attached hydrogen (secondary N) is 1. The maximum atomic E-state index is 12.9. The van der Waals surface area contributed by atoms with E-state index in [4.69, 9.17) is 4.74 Å². The standard InChI is InChI=1S/C21H20N4O3/c1-28-21(27)14-8-10-15(11-9-14)24-20(26)18-7-4-12-25(18)19-16-5-2-3-6-17(16)22-13-23-19/h2-3,5-6,8-11,13,18H,4,7,12H2,1H3,(H,24,26)/t18-/m1/s1. The molecule has 0 aliphatic carbocycles. The van der Waals surface area contributed by atoms with Crippen LogP contribution >= 0.6 is 0 Å². The van der Waals surface area contributed by atoms with Crippen LogP contribution in [0.25, 0.3) is 10.9 Å². The summed E-state index contributed by atoms with van der Waals surface area (Å²) in [6, 6.07) is 14.1. The minimum absolute atomic E-state index is 0.0917. The zero-order valence-electron chi connectivity index (χ0n) is 15.5. The van der Waals surface area contributed by atoms with E-state index in [2.05, 4.69) is 15.3 Å². The SMILES string of the molecule is COC(=O)c1ccc(NC(=O)[C@H]2CCCN2c2ncnc3ccccc23)cc1. The molecule has 2 aromatic carbocycles. The molecule has 4 rings (SSSR count). The Balaban J connectivity index is 1.54. The molecule has 2 heterocycles. The lowest BCUT2D eigenvalue weighted by molar-refractivity contribution is -0.117. The van der Waals surface area contributed by atoms with Crippen LogP contribution in [0.3, 0.4) is 0 Å². The van der Waals surface area contributed by atoms with Crippen molar-refractivity contribution in [3.63, 3.8) is 0 Å². The summed E-state index contributed by atoms with van der Waals surface area (Å²) >= 11 is 0. The molecule has 7 nitrogen and oxygen atoms in total. The van der Waals surface area contributed by atoms with E-state index in [1.807, 2.05) is 29.2 Å². The summed E-state index contributed by atoms with van der Waals surface area (Å²) in [5.74, 6) is 0.283. The van der Waals surface area contributed by atoms with Crippen LogP contribution < -0.4 is 10.2 Å². The van der Waals surface area contributed by atoms with Crippen molar-refractivity contribution in [3.8, 4) is 0 Å². The first kappa shape index (κ1) is 17.9. The van der Waals surface area contributed by atoms with Crippen LogP contribution in [0.15, 0.2) is 54.9 Å². The second-order valence-electron chi connectivity index (χ2n) is 6.62. The molecule has 28 heavy (non-hydrogen) atoms. The summed E-state index contributed by atoms with van der Waals surface area (Å²) in [4.78, 5) is 35.3. The molecule has 1 N–H and O–H groups in total. The fourth-order valence-corrected chi connectivity index (χ4v) is 3.55. The Morgan fingerprint density at radius 2 is 1.89 bits per heavy atom. The number of esters is 1. The number of aromatic nitrogens is 2. The summed E-state index contributed by atoms with van der Waals surface area (Å²) in [6.45, 7) is 0.764. The molecule has 1 atom stereocenters. The molecule has 1 aliphatic heterocycles. The van der Waals surface area contributed by atoms with E-state index in [-0.39, 0.29) is 11.9 Å². The molecule has 7 heteroatoms. The second kappa shape index (κ2) is 7.64. The third-order valence-electron chi connectivity index (χ3n) is 4.92. The van der Waals surface area contributed by atoms with Gasteiger partial charge in [-0.05, 0) is 49.2 Å². The van der Waals surface area contributed by atoms with Crippen molar-refractivity contribution >= 4 is 34.3 Å². The number of para-hydroxylation sites is 1. The highest BCUT2D eigenvalue weighted by atomic mass is 16.5. The first-order valence-electron chi connectivity index (χ1n) is 9.13. The lowest BCUT2D eigenvalue weighted by Crippen LogP contribution is -2.40. The highest BCUT2D eigenvalue weighted by Crippen LogP contribution is 2.30. The van der Waals surface area contributed by atoms with Gasteiger partial charge < -0.3 is 15.0 Å². The average molecular weight is 376 g/mol. The Bertz CT molecular complexity index is 1010. The number of rotatable bonds is 4. The molecular weight excluding hydrogens is 356 g/mol. The molecule has 0 bridgehead atoms. The summed E-state index contributed by atoms with van der Waals surface area (Å²) in [6.07, 6.45) is 3.21. The number of methoxy groups -OCH3 is 1. The smallest absolute Gasteiger partial charge is 0.337 e. The number of hydrogen-bond acceptors (Lipinski definition) is 6. The monoisotopic (exact) mass is 376 g/mol. The predicted molar refractivity (Wildman–Crippen MR) is 106 cm³/mol. The molecular formula is C21H20N4O3. The number of nitrogens with zero attached hydrogens (tertiary/aromatic N) is 3. The van der Waals surface area contributed by atoms with E-state index in [0.29, 0.717) is 11.3 Å². The molecule has 1 saturated heterocycles. The number of fused-ring (bicyclic) bond motifs is 1. The van der Waals surface area contributed by atoms with Gasteiger partial charge in [-0.15, -0.1) is 0 Å². The quantitative estimate of drug-likeness (QED) is 0.705. The largest absolute Gasteiger partial charge is 0.465 e. The lowest BCUT2D eigenvalue weighted by atomic mass is 10.1. The average Bonchev–Trinajstić information content (AvgIpc) is 3.23. The molecule has 0 saturated carbocycles. The zero-order valence-corrected chi connectivity index (χ0v) is 15.5. The summed E-state index contributed by atoms with van der Waals surface area (Å²) < 4.78 is 4.69. The minimum Gasteiger partial charge on any atom is -0.465 e. The van der Waals surface area contributed by atoms with Crippen molar-refractivity contribution in [2.75, 3.05) is 23.9 Å². The van der Waals surface area contributed by atoms with Crippen molar-refractivity contribution in [2.45, 2.75) is 18.9 Å². The Morgan fingerprint density at radius 1 is 1.11 bits per heavy atom. The fourth-order valence-electron chi connectivity index (χ4n) is 3.55. The number of carbonyl (C=O) groups is 2. The second-order valence-corrected chi connectivity index (χ2v) is 6.62. The van der Waals surface area contributed by atoms with Crippen LogP contribution in [-0.4, -0.2) is 41.5 Å². The van der Waals surface area contributed by atoms with Crippen molar-refractivity contribution < 1.29 is 14.3 Å². The van der Waals surface area contributed by atoms with Crippen molar-refractivity contribution in [1.29, 1.82) is 0 Å². The van der Waals surface area contributed by atoms with Gasteiger partial charge in [0.1, 0.15) is 18.2 Å². The van der Waals surface area contributed by atoms with Gasteiger partial charge in [0.15, 0.2) is 0 Å². The van der Waals surface area contributed by atoms with Crippen molar-refractivity contribution in [3.05, 3.63) is 60.4 Å². The van der Waals surface area contributed by atoms with Gasteiger partial charge in [-0.25, -0.2) is 14.8 Å². The van der Waals surface area contributed by atoms with E-state index in [0.717, 1.165) is 36.1 Å². The van der Waals surface area contributed by atoms with E-state index >= 15 is 0 Å². The molecule has 0 spiro atoms. The summed E-state index contributed by atoms with van der Waals surface area (Å²) in [5.41, 5.74) is 1.93. The molecule has 3 aromatic rings. The van der Waals surface area contributed by atoms with Gasteiger partial charge in [0.2, 0.25) is 5.91 Å². The number of ether oxygens (including phenoxy) is 1. The minimum atomic E-state index is -0.407. The fraction of sp³-hybridized carbons (Fsp3) is 0.238. The third kappa shape index (κ3) is 3.38. The predicted octanol–water partition coefficient (Wildman–Crippen LogP) is 3.02. The maximum absolute atomic E-state index is 12.9. The molecule has 0 unspecified atom stereocenters. The summed E-state index contributed by atoms with van der Waals surface area (Å²) in [7, 11) is 1.34. The van der Waals surface area contributed by atoms with Gasteiger partial charge in [0.05, 0.1) is 18.2 Å². The highest BCUT2D eigenvalue weighted by molar-refractivity contribution is 5.99. The molecule has 1 aromatic heterocycles. The Labute approximate surface area is 162 Å². The van der Waals surface area contributed by atoms with Crippen LogP contribution in [0, 0.1) is 0 Å². The molecule has 1 aliphatic rings. The Hall–Kier alpha value is -3.48. The molecule has 142 valence electrons. The normalized spacial score (nSPS) is 16.2. The first-order valence-corrected chi connectivity index (χ1v) is 9.13. The van der Waals surface area contributed by atoms with Crippen LogP contribution in [0.1, 0.15) is 23.2 Å². The number of hydrogen-bond donors (Lipinski definition) is 1. The van der Waals surface area contributed by atoms with Gasteiger partial charge in [-0.3, -0.25) is 4.79 Å². The topological polar surface area (TPSA) is 84.4 Å². The van der Waals surface area contributed by atoms with Crippen molar-refractivity contribution in [2.24, 2.45) is 0 Å². The summed E-state index contributed by atoms with van der Waals surface area (Å²) in [5, 5.41) is 3.88. The van der Waals surface area contributed by atoms with Gasteiger partial charge in [0.25, 0.3) is 0 Å². The van der Waals surface area contributed by atoms with E-state index in [1.54, 1.807) is 24.3 Å². The Morgan fingerprint density at radius 3 is 2.68 bits per heavy atom. The number of carbonyl (C=O) groups excluding carboxylic acids is 2. The molecule has 1 fully saturated rings. The Kier molecular flexibility index (Phi) is 4.89. The lowest BCUT2D eigenvalue weighted by Gasteiger charge is -2.25. The van der Waals surface area contributed by atoms with Crippen LogP contribution in [0.4, 0.5) is 11.5 Å². The van der Waals surface area contributed by atoms with Crippen LogP contribution in [-0.2, 0) is 9.53 Å². The first-order chi connectivity index (χ1) is 13.7. The van der Waals surface area contributed by atoms with Gasteiger partial charge in [0, 0.05) is 17.6 Å². The number of benzene rings is 2. The van der Waals surface area contributed by atoms with Crippen molar-refractivity contribution in [1.82, 2.24) is 9.97 Å². The highest BCUT2D eigenvalue weighted by Gasteiger charge is 2.32. The number of anilines is 2. The zero-order chi connectivity index (χ0) is 19.5. The maximum Gasteiger partial charge on any atom is 0.337 e. The van der Waals surface area contributed by atoms with Crippen LogP contribution in [0.2, 0.25) is 0 Å². The van der Waals surface area contributed by atoms with E-state index < -0.39 is 5.97 Å². The molecule has 1 amide bonds. The third-order valence-corrected chi connectivity index (χ3v) is 4.92.